The van der Waals surface area contributed by atoms with Gasteiger partial charge in [-0.2, -0.15) is 0 Å². The Labute approximate surface area is 134 Å². The van der Waals surface area contributed by atoms with Crippen molar-refractivity contribution in [2.75, 3.05) is 0 Å². The fourth-order valence-electron chi connectivity index (χ4n) is 4.48. The molecule has 2 aliphatic carbocycles. The second-order valence-corrected chi connectivity index (χ2v) is 6.95. The van der Waals surface area contributed by atoms with Gasteiger partial charge in [0.1, 0.15) is 6.10 Å². The van der Waals surface area contributed by atoms with Crippen molar-refractivity contribution >= 4 is 18.3 Å². The molecule has 3 N–H and O–H groups in total. The van der Waals surface area contributed by atoms with E-state index in [2.05, 4.69) is 12.2 Å². The highest BCUT2D eigenvalue weighted by Crippen LogP contribution is 2.39. The lowest BCUT2D eigenvalue weighted by atomic mass is 9.67. The minimum atomic E-state index is -0.212. The largest absolute Gasteiger partial charge is 0.365 e. The van der Waals surface area contributed by atoms with Gasteiger partial charge >= 0.3 is 0 Å². The molecule has 1 heterocycles. The molecule has 0 aromatic carbocycles. The molecule has 1 amide bonds. The van der Waals surface area contributed by atoms with Crippen LogP contribution >= 0.6 is 12.4 Å². The molecule has 4 unspecified atom stereocenters. The summed E-state index contributed by atoms with van der Waals surface area (Å²) in [6, 6.07) is 0.686. The monoisotopic (exact) mass is 316 g/mol. The van der Waals surface area contributed by atoms with E-state index in [0.717, 1.165) is 32.1 Å². The number of rotatable bonds is 3. The van der Waals surface area contributed by atoms with Gasteiger partial charge in [-0.3, -0.25) is 4.79 Å². The number of nitrogens with two attached hydrogens (primary N) is 1. The quantitative estimate of drug-likeness (QED) is 0.840. The Balaban J connectivity index is 0.00000161. The summed E-state index contributed by atoms with van der Waals surface area (Å²) >= 11 is 0. The third-order valence-corrected chi connectivity index (χ3v) is 5.54. The number of amides is 1. The molecule has 1 aliphatic heterocycles. The molecule has 2 bridgehead atoms. The Kier molecular flexibility index (Phi) is 5.92. The fraction of sp³-hybridized carbons (Fsp3) is 0.938. The molecular formula is C16H29ClN2O2. The molecule has 122 valence electrons. The van der Waals surface area contributed by atoms with Crippen LogP contribution in [0.1, 0.15) is 58.3 Å². The zero-order valence-electron chi connectivity index (χ0n) is 12.9. The lowest BCUT2D eigenvalue weighted by Crippen LogP contribution is -2.55. The summed E-state index contributed by atoms with van der Waals surface area (Å²) in [4.78, 5) is 12.4. The van der Waals surface area contributed by atoms with Crippen molar-refractivity contribution in [3.63, 3.8) is 0 Å². The SMILES string of the molecule is CCC1CCC(C(=O)NC2C3CCCC2CC(N)C3)O1.Cl. The highest BCUT2D eigenvalue weighted by atomic mass is 35.5. The van der Waals surface area contributed by atoms with E-state index in [1.54, 1.807) is 0 Å². The highest BCUT2D eigenvalue weighted by Gasteiger charge is 2.41. The van der Waals surface area contributed by atoms with Gasteiger partial charge in [0.05, 0.1) is 6.10 Å². The van der Waals surface area contributed by atoms with Crippen LogP contribution < -0.4 is 11.1 Å². The molecule has 2 saturated carbocycles. The van der Waals surface area contributed by atoms with E-state index in [4.69, 9.17) is 10.5 Å². The van der Waals surface area contributed by atoms with Gasteiger partial charge in [0.25, 0.3) is 0 Å². The van der Waals surface area contributed by atoms with E-state index >= 15 is 0 Å². The van der Waals surface area contributed by atoms with Crippen molar-refractivity contribution < 1.29 is 9.53 Å². The number of nitrogens with one attached hydrogen (secondary N) is 1. The Morgan fingerprint density at radius 2 is 1.86 bits per heavy atom. The van der Waals surface area contributed by atoms with E-state index in [1.807, 2.05) is 0 Å². The van der Waals surface area contributed by atoms with Crippen LogP contribution in [0.2, 0.25) is 0 Å². The molecule has 4 nitrogen and oxygen atoms in total. The van der Waals surface area contributed by atoms with Crippen molar-refractivity contribution in [3.05, 3.63) is 0 Å². The molecule has 4 atom stereocenters. The first kappa shape index (κ1) is 17.0. The third-order valence-electron chi connectivity index (χ3n) is 5.54. The maximum absolute atomic E-state index is 12.4. The van der Waals surface area contributed by atoms with Gasteiger partial charge in [-0.05, 0) is 56.8 Å². The Morgan fingerprint density at radius 3 is 2.43 bits per heavy atom. The van der Waals surface area contributed by atoms with E-state index in [-0.39, 0.29) is 30.5 Å². The first-order valence-electron chi connectivity index (χ1n) is 8.38. The van der Waals surface area contributed by atoms with E-state index < -0.39 is 0 Å². The zero-order valence-corrected chi connectivity index (χ0v) is 13.7. The van der Waals surface area contributed by atoms with E-state index in [0.29, 0.717) is 23.9 Å². The second kappa shape index (κ2) is 7.30. The van der Waals surface area contributed by atoms with Crippen molar-refractivity contribution in [1.29, 1.82) is 0 Å². The number of ether oxygens (including phenoxy) is 1. The Morgan fingerprint density at radius 1 is 1.19 bits per heavy atom. The molecular weight excluding hydrogens is 288 g/mol. The van der Waals surface area contributed by atoms with Crippen molar-refractivity contribution in [2.24, 2.45) is 17.6 Å². The topological polar surface area (TPSA) is 64.4 Å². The molecule has 3 aliphatic rings. The molecule has 0 spiro atoms. The molecule has 0 radical (unpaired) electrons. The molecule has 21 heavy (non-hydrogen) atoms. The summed E-state index contributed by atoms with van der Waals surface area (Å²) in [7, 11) is 0. The average molecular weight is 317 g/mol. The van der Waals surface area contributed by atoms with Gasteiger partial charge < -0.3 is 15.8 Å². The third kappa shape index (κ3) is 3.72. The van der Waals surface area contributed by atoms with Gasteiger partial charge in [-0.1, -0.05) is 13.3 Å². The standard InChI is InChI=1S/C16H28N2O2.ClH/c1-2-13-6-7-14(20-13)16(19)18-15-10-4-3-5-11(15)9-12(17)8-10;/h10-15H,2-9,17H2,1H3,(H,18,19);1H. The summed E-state index contributed by atoms with van der Waals surface area (Å²) in [5.41, 5.74) is 6.14. The minimum Gasteiger partial charge on any atom is -0.365 e. The van der Waals surface area contributed by atoms with Crippen molar-refractivity contribution in [3.8, 4) is 0 Å². The van der Waals surface area contributed by atoms with Crippen molar-refractivity contribution in [2.45, 2.75) is 82.6 Å². The Bertz CT molecular complexity index is 352. The van der Waals surface area contributed by atoms with Gasteiger partial charge in [-0.15, -0.1) is 12.4 Å². The smallest absolute Gasteiger partial charge is 0.249 e. The molecule has 3 rings (SSSR count). The molecule has 3 fully saturated rings. The second-order valence-electron chi connectivity index (χ2n) is 6.95. The lowest BCUT2D eigenvalue weighted by Gasteiger charge is -2.45. The number of carbonyl (C=O) groups excluding carboxylic acids is 1. The normalized spacial score (nSPS) is 42.2. The predicted molar refractivity (Wildman–Crippen MR) is 85.4 cm³/mol. The van der Waals surface area contributed by atoms with Gasteiger partial charge in [0.15, 0.2) is 0 Å². The van der Waals surface area contributed by atoms with Gasteiger partial charge in [-0.25, -0.2) is 0 Å². The number of hydrogen-bond donors (Lipinski definition) is 2. The molecule has 1 saturated heterocycles. The van der Waals surface area contributed by atoms with Gasteiger partial charge in [0.2, 0.25) is 5.91 Å². The van der Waals surface area contributed by atoms with E-state index in [9.17, 15) is 4.79 Å². The van der Waals surface area contributed by atoms with Crippen LogP contribution in [0.15, 0.2) is 0 Å². The molecule has 0 aromatic rings. The minimum absolute atomic E-state index is 0. The predicted octanol–water partition coefficient (Wildman–Crippen LogP) is 2.39. The molecule has 5 heteroatoms. The van der Waals surface area contributed by atoms with Crippen LogP contribution in [0.25, 0.3) is 0 Å². The van der Waals surface area contributed by atoms with Crippen LogP contribution in [0.3, 0.4) is 0 Å². The lowest BCUT2D eigenvalue weighted by molar-refractivity contribution is -0.134. The summed E-state index contributed by atoms with van der Waals surface area (Å²) in [5, 5.41) is 3.31. The maximum Gasteiger partial charge on any atom is 0.249 e. The number of halogens is 1. The summed E-state index contributed by atoms with van der Waals surface area (Å²) in [6.45, 7) is 2.12. The first-order valence-corrected chi connectivity index (χ1v) is 8.38. The van der Waals surface area contributed by atoms with Crippen LogP contribution in [0, 0.1) is 11.8 Å². The summed E-state index contributed by atoms with van der Waals surface area (Å²) in [5.74, 6) is 1.30. The summed E-state index contributed by atoms with van der Waals surface area (Å²) < 4.78 is 5.82. The average Bonchev–Trinajstić information content (AvgIpc) is 2.88. The number of hydrogen-bond acceptors (Lipinski definition) is 3. The molecule has 0 aromatic heterocycles. The first-order chi connectivity index (χ1) is 9.67. The van der Waals surface area contributed by atoms with Crippen molar-refractivity contribution in [1.82, 2.24) is 5.32 Å². The maximum atomic E-state index is 12.4. The van der Waals surface area contributed by atoms with Crippen LogP contribution in [-0.4, -0.2) is 30.2 Å². The van der Waals surface area contributed by atoms with Crippen LogP contribution in [0.4, 0.5) is 0 Å². The number of carbonyl (C=O) groups is 1. The fourth-order valence-corrected chi connectivity index (χ4v) is 4.48. The highest BCUT2D eigenvalue weighted by molar-refractivity contribution is 5.85. The number of fused-ring (bicyclic) bond motifs is 2. The van der Waals surface area contributed by atoms with Crippen LogP contribution in [-0.2, 0) is 9.53 Å². The van der Waals surface area contributed by atoms with E-state index in [1.165, 1.54) is 19.3 Å². The van der Waals surface area contributed by atoms with Crippen LogP contribution in [0.5, 0.6) is 0 Å². The van der Waals surface area contributed by atoms with Gasteiger partial charge in [0, 0.05) is 12.1 Å². The summed E-state index contributed by atoms with van der Waals surface area (Å²) in [6.07, 6.45) is 8.87. The Hall–Kier alpha value is -0.320. The zero-order chi connectivity index (χ0) is 14.1.